The molecule has 0 aliphatic heterocycles. The molecule has 2 aromatic heterocycles. The van der Waals surface area contributed by atoms with Crippen LogP contribution in [0.4, 0.5) is 9.93 Å². The summed E-state index contributed by atoms with van der Waals surface area (Å²) in [6, 6.07) is -0.276. The predicted molar refractivity (Wildman–Crippen MR) is 93.1 cm³/mol. The van der Waals surface area contributed by atoms with Crippen molar-refractivity contribution in [1.29, 1.82) is 0 Å². The number of amides is 2. The molecule has 1 aliphatic carbocycles. The first-order chi connectivity index (χ1) is 11.0. The van der Waals surface area contributed by atoms with Gasteiger partial charge < -0.3 is 10.4 Å². The Morgan fingerprint density at radius 3 is 2.87 bits per heavy atom. The Bertz CT molecular complexity index is 697. The van der Waals surface area contributed by atoms with Gasteiger partial charge in [0.15, 0.2) is 5.13 Å². The quantitative estimate of drug-likeness (QED) is 0.789. The predicted octanol–water partition coefficient (Wildman–Crippen LogP) is 3.17. The van der Waals surface area contributed by atoms with Crippen molar-refractivity contribution in [3.63, 3.8) is 0 Å². The zero-order valence-corrected chi connectivity index (χ0v) is 14.8. The fourth-order valence-corrected chi connectivity index (χ4v) is 4.48. The maximum Gasteiger partial charge on any atom is 0.321 e. The third kappa shape index (κ3) is 3.88. The maximum absolute atomic E-state index is 11.9. The molecule has 0 radical (unpaired) electrons. The number of anilines is 1. The first kappa shape index (κ1) is 16.4. The highest BCUT2D eigenvalue weighted by atomic mass is 32.1. The first-order valence-electron chi connectivity index (χ1n) is 7.66. The van der Waals surface area contributed by atoms with Gasteiger partial charge in [0.25, 0.3) is 0 Å². The van der Waals surface area contributed by atoms with E-state index in [1.165, 1.54) is 11.3 Å². The molecule has 0 bridgehead atoms. The van der Waals surface area contributed by atoms with Crippen LogP contribution >= 0.6 is 22.7 Å². The third-order valence-electron chi connectivity index (χ3n) is 4.00. The molecule has 6 nitrogen and oxygen atoms in total. The van der Waals surface area contributed by atoms with E-state index in [0.717, 1.165) is 40.5 Å². The molecule has 3 rings (SSSR count). The van der Waals surface area contributed by atoms with E-state index in [0.29, 0.717) is 11.7 Å². The highest BCUT2D eigenvalue weighted by Crippen LogP contribution is 2.32. The topological polar surface area (TPSA) is 87.1 Å². The zero-order valence-electron chi connectivity index (χ0n) is 13.1. The molecular formula is C15H20N4O2S2. The van der Waals surface area contributed by atoms with Crippen LogP contribution in [-0.4, -0.2) is 33.8 Å². The number of nitrogens with zero attached hydrogens (tertiary/aromatic N) is 2. The SMILES string of the molecule is Cc1nc(C)c(-c2csc(NC(=O)NC[C@@H]3CCC[C@@H]3O)n2)s1. The number of thiazole rings is 2. The molecule has 23 heavy (non-hydrogen) atoms. The fraction of sp³-hybridized carbons (Fsp3) is 0.533. The molecule has 0 unspecified atom stereocenters. The Morgan fingerprint density at radius 2 is 2.22 bits per heavy atom. The van der Waals surface area contributed by atoms with Crippen LogP contribution in [0.25, 0.3) is 10.6 Å². The Balaban J connectivity index is 1.56. The number of aromatic nitrogens is 2. The summed E-state index contributed by atoms with van der Waals surface area (Å²) in [6.45, 7) is 4.43. The lowest BCUT2D eigenvalue weighted by atomic mass is 10.1. The smallest absolute Gasteiger partial charge is 0.321 e. The van der Waals surface area contributed by atoms with E-state index in [9.17, 15) is 9.90 Å². The zero-order chi connectivity index (χ0) is 16.4. The van der Waals surface area contributed by atoms with Crippen molar-refractivity contribution in [2.24, 2.45) is 5.92 Å². The second-order valence-electron chi connectivity index (χ2n) is 5.78. The minimum absolute atomic E-state index is 0.162. The van der Waals surface area contributed by atoms with Crippen LogP contribution in [0, 0.1) is 19.8 Å². The summed E-state index contributed by atoms with van der Waals surface area (Å²) in [4.78, 5) is 21.8. The van der Waals surface area contributed by atoms with Gasteiger partial charge in [-0.15, -0.1) is 22.7 Å². The maximum atomic E-state index is 11.9. The Hall–Kier alpha value is -1.51. The van der Waals surface area contributed by atoms with Gasteiger partial charge >= 0.3 is 6.03 Å². The van der Waals surface area contributed by atoms with Gasteiger partial charge in [-0.2, -0.15) is 0 Å². The van der Waals surface area contributed by atoms with Crippen molar-refractivity contribution in [2.75, 3.05) is 11.9 Å². The molecule has 124 valence electrons. The molecule has 1 saturated carbocycles. The molecule has 0 saturated heterocycles. The van der Waals surface area contributed by atoms with E-state index in [4.69, 9.17) is 0 Å². The number of carbonyl (C=O) groups is 1. The second-order valence-corrected chi connectivity index (χ2v) is 7.84. The number of nitrogens with one attached hydrogen (secondary N) is 2. The summed E-state index contributed by atoms with van der Waals surface area (Å²) in [5, 5.41) is 18.8. The van der Waals surface area contributed by atoms with Crippen LogP contribution in [0.2, 0.25) is 0 Å². The van der Waals surface area contributed by atoms with Gasteiger partial charge in [0, 0.05) is 17.8 Å². The van der Waals surface area contributed by atoms with Crippen molar-refractivity contribution >= 4 is 33.8 Å². The Labute approximate surface area is 143 Å². The monoisotopic (exact) mass is 352 g/mol. The van der Waals surface area contributed by atoms with Gasteiger partial charge in [-0.05, 0) is 26.7 Å². The third-order valence-corrected chi connectivity index (χ3v) is 5.86. The molecule has 1 aliphatic rings. The minimum atomic E-state index is -0.292. The van der Waals surface area contributed by atoms with E-state index in [1.807, 2.05) is 19.2 Å². The summed E-state index contributed by atoms with van der Waals surface area (Å²) in [6.07, 6.45) is 2.53. The molecule has 2 heterocycles. The number of urea groups is 1. The van der Waals surface area contributed by atoms with Crippen LogP contribution in [0.3, 0.4) is 0 Å². The first-order valence-corrected chi connectivity index (χ1v) is 9.35. The van der Waals surface area contributed by atoms with Crippen LogP contribution in [0.15, 0.2) is 5.38 Å². The number of hydrogen-bond donors (Lipinski definition) is 3. The van der Waals surface area contributed by atoms with Crippen LogP contribution < -0.4 is 10.6 Å². The highest BCUT2D eigenvalue weighted by Gasteiger charge is 2.25. The fourth-order valence-electron chi connectivity index (χ4n) is 2.82. The van der Waals surface area contributed by atoms with Gasteiger partial charge in [-0.3, -0.25) is 5.32 Å². The lowest BCUT2D eigenvalue weighted by molar-refractivity contribution is 0.133. The van der Waals surface area contributed by atoms with E-state index < -0.39 is 0 Å². The number of aliphatic hydroxyl groups is 1. The van der Waals surface area contributed by atoms with Crippen molar-refractivity contribution < 1.29 is 9.90 Å². The Kier molecular flexibility index (Phi) is 4.93. The lowest BCUT2D eigenvalue weighted by Gasteiger charge is -2.14. The van der Waals surface area contributed by atoms with Gasteiger partial charge in [-0.25, -0.2) is 14.8 Å². The number of rotatable bonds is 4. The summed E-state index contributed by atoms with van der Waals surface area (Å²) < 4.78 is 0. The minimum Gasteiger partial charge on any atom is -0.393 e. The van der Waals surface area contributed by atoms with Crippen molar-refractivity contribution in [2.45, 2.75) is 39.2 Å². The molecule has 8 heteroatoms. The van der Waals surface area contributed by atoms with Crippen LogP contribution in [0.1, 0.15) is 30.0 Å². The normalized spacial score (nSPS) is 20.7. The molecular weight excluding hydrogens is 332 g/mol. The van der Waals surface area contributed by atoms with Crippen molar-refractivity contribution in [3.8, 4) is 10.6 Å². The van der Waals surface area contributed by atoms with Crippen LogP contribution in [0.5, 0.6) is 0 Å². The summed E-state index contributed by atoms with van der Waals surface area (Å²) in [5.41, 5.74) is 1.81. The molecule has 2 aromatic rings. The summed E-state index contributed by atoms with van der Waals surface area (Å²) in [7, 11) is 0. The largest absolute Gasteiger partial charge is 0.393 e. The van der Waals surface area contributed by atoms with E-state index >= 15 is 0 Å². The number of aliphatic hydroxyl groups excluding tert-OH is 1. The van der Waals surface area contributed by atoms with Crippen molar-refractivity contribution in [1.82, 2.24) is 15.3 Å². The molecule has 0 spiro atoms. The van der Waals surface area contributed by atoms with E-state index in [2.05, 4.69) is 20.6 Å². The standard InChI is InChI=1S/C15H20N4O2S2/c1-8-13(23-9(2)17-8)11-7-22-15(18-11)19-14(21)16-6-10-4-3-5-12(10)20/h7,10,12,20H,3-6H2,1-2H3,(H2,16,18,19,21)/t10-,12-/m0/s1. The van der Waals surface area contributed by atoms with Crippen LogP contribution in [-0.2, 0) is 0 Å². The molecule has 1 fully saturated rings. The molecule has 3 N–H and O–H groups in total. The van der Waals surface area contributed by atoms with Gasteiger partial charge in [0.05, 0.1) is 27.4 Å². The molecule has 2 atom stereocenters. The van der Waals surface area contributed by atoms with E-state index in [-0.39, 0.29) is 18.1 Å². The summed E-state index contributed by atoms with van der Waals surface area (Å²) in [5.74, 6) is 0.162. The number of carbonyl (C=O) groups excluding carboxylic acids is 1. The summed E-state index contributed by atoms with van der Waals surface area (Å²) >= 11 is 3.00. The van der Waals surface area contributed by atoms with Crippen molar-refractivity contribution in [3.05, 3.63) is 16.1 Å². The Morgan fingerprint density at radius 1 is 1.39 bits per heavy atom. The number of hydrogen-bond acceptors (Lipinski definition) is 6. The highest BCUT2D eigenvalue weighted by molar-refractivity contribution is 7.16. The average Bonchev–Trinajstić information content (AvgIpc) is 3.18. The van der Waals surface area contributed by atoms with Gasteiger partial charge in [0.1, 0.15) is 0 Å². The van der Waals surface area contributed by atoms with E-state index in [1.54, 1.807) is 11.3 Å². The second kappa shape index (κ2) is 6.94. The number of aryl methyl sites for hydroxylation is 2. The molecule has 0 aromatic carbocycles. The molecule has 2 amide bonds. The lowest BCUT2D eigenvalue weighted by Crippen LogP contribution is -2.35. The average molecular weight is 352 g/mol. The van der Waals surface area contributed by atoms with Gasteiger partial charge in [0.2, 0.25) is 0 Å². The van der Waals surface area contributed by atoms with Gasteiger partial charge in [-0.1, -0.05) is 6.42 Å².